The van der Waals surface area contributed by atoms with Gasteiger partial charge < -0.3 is 14.7 Å². The van der Waals surface area contributed by atoms with Gasteiger partial charge in [0.2, 0.25) is 0 Å². The molecule has 0 spiro atoms. The molecule has 5 nitrogen and oxygen atoms in total. The van der Waals surface area contributed by atoms with Crippen molar-refractivity contribution < 1.29 is 4.79 Å². The molecule has 0 aliphatic carbocycles. The molecule has 4 rings (SSSR count). The molecule has 7 heteroatoms. The van der Waals surface area contributed by atoms with E-state index in [0.29, 0.717) is 23.7 Å². The summed E-state index contributed by atoms with van der Waals surface area (Å²) in [6.45, 7) is 8.56. The third kappa shape index (κ3) is 4.43. The Labute approximate surface area is 193 Å². The van der Waals surface area contributed by atoms with Crippen molar-refractivity contribution in [1.29, 1.82) is 0 Å². The monoisotopic (exact) mass is 456 g/mol. The van der Waals surface area contributed by atoms with E-state index >= 15 is 0 Å². The van der Waals surface area contributed by atoms with Crippen LogP contribution in [0, 0.1) is 0 Å². The first-order valence-corrected chi connectivity index (χ1v) is 11.4. The first-order valence-electron chi connectivity index (χ1n) is 10.6. The molecular weight excluding hydrogens is 431 g/mol. The van der Waals surface area contributed by atoms with Gasteiger partial charge in [0.1, 0.15) is 0 Å². The van der Waals surface area contributed by atoms with Crippen molar-refractivity contribution in [2.24, 2.45) is 0 Å². The van der Waals surface area contributed by atoms with E-state index in [1.54, 1.807) is 6.20 Å². The normalized spacial score (nSPS) is 14.2. The average Bonchev–Trinajstić information content (AvgIpc) is 2.79. The Balaban J connectivity index is 1.71. The number of pyridine rings is 1. The van der Waals surface area contributed by atoms with Gasteiger partial charge in [0.25, 0.3) is 5.91 Å². The highest BCUT2D eigenvalue weighted by Gasteiger charge is 2.26. The van der Waals surface area contributed by atoms with E-state index in [-0.39, 0.29) is 5.91 Å². The number of fused-ring (bicyclic) bond motifs is 1. The van der Waals surface area contributed by atoms with Crippen LogP contribution >= 0.6 is 23.2 Å². The van der Waals surface area contributed by atoms with Crippen LogP contribution in [0.4, 0.5) is 11.4 Å². The number of nitrogens with zero attached hydrogens (tertiary/aromatic N) is 4. The summed E-state index contributed by atoms with van der Waals surface area (Å²) in [4.78, 5) is 24.3. The van der Waals surface area contributed by atoms with Gasteiger partial charge in [-0.05, 0) is 50.2 Å². The van der Waals surface area contributed by atoms with Crippen molar-refractivity contribution in [2.45, 2.75) is 13.8 Å². The third-order valence-corrected chi connectivity index (χ3v) is 6.32. The van der Waals surface area contributed by atoms with Crippen molar-refractivity contribution in [3.63, 3.8) is 0 Å². The summed E-state index contributed by atoms with van der Waals surface area (Å²) in [5.41, 5.74) is 3.52. The Hall–Kier alpha value is -2.50. The fourth-order valence-corrected chi connectivity index (χ4v) is 4.55. The number of hydrogen-bond acceptors (Lipinski definition) is 4. The Kier molecular flexibility index (Phi) is 6.54. The summed E-state index contributed by atoms with van der Waals surface area (Å²) >= 11 is 12.5. The Bertz CT molecular complexity index is 1090. The highest BCUT2D eigenvalue weighted by molar-refractivity contribution is 6.31. The molecule has 0 saturated carbocycles. The highest BCUT2D eigenvalue weighted by Crippen LogP contribution is 2.33. The van der Waals surface area contributed by atoms with E-state index in [1.807, 2.05) is 55.1 Å². The molecular formula is C24H26Cl2N4O. The zero-order valence-corrected chi connectivity index (χ0v) is 19.3. The molecule has 0 bridgehead atoms. The fourth-order valence-electron chi connectivity index (χ4n) is 4.19. The lowest BCUT2D eigenvalue weighted by Gasteiger charge is -2.38. The first-order chi connectivity index (χ1) is 15.0. The summed E-state index contributed by atoms with van der Waals surface area (Å²) in [6, 6.07) is 13.6. The average molecular weight is 457 g/mol. The van der Waals surface area contributed by atoms with Gasteiger partial charge in [0.15, 0.2) is 0 Å². The minimum absolute atomic E-state index is 0.00615. The summed E-state index contributed by atoms with van der Waals surface area (Å²) in [7, 11) is 0. The summed E-state index contributed by atoms with van der Waals surface area (Å²) in [6.07, 6.45) is 1.72. The maximum Gasteiger partial charge on any atom is 0.257 e. The SMILES string of the molecule is CCN(CC)C(=O)c1cnc2ccc(Cl)cc2c1N1CCN(c2cccc(Cl)c2)CC1. The van der Waals surface area contributed by atoms with Crippen LogP contribution < -0.4 is 9.80 Å². The quantitative estimate of drug-likeness (QED) is 0.518. The molecule has 0 radical (unpaired) electrons. The number of hydrogen-bond donors (Lipinski definition) is 0. The molecule has 1 amide bonds. The van der Waals surface area contributed by atoms with E-state index in [1.165, 1.54) is 0 Å². The number of carbonyl (C=O) groups excluding carboxylic acids is 1. The van der Waals surface area contributed by atoms with Crippen LogP contribution in [-0.4, -0.2) is 55.1 Å². The van der Waals surface area contributed by atoms with Gasteiger partial charge in [-0.3, -0.25) is 9.78 Å². The zero-order chi connectivity index (χ0) is 22.0. The zero-order valence-electron chi connectivity index (χ0n) is 17.8. The molecule has 1 saturated heterocycles. The van der Waals surface area contributed by atoms with Crippen molar-refractivity contribution in [3.05, 3.63) is 64.3 Å². The van der Waals surface area contributed by atoms with Gasteiger partial charge in [-0.15, -0.1) is 0 Å². The topological polar surface area (TPSA) is 39.7 Å². The Morgan fingerprint density at radius 3 is 2.32 bits per heavy atom. The second-order valence-corrected chi connectivity index (χ2v) is 8.49. The number of amides is 1. The minimum Gasteiger partial charge on any atom is -0.368 e. The van der Waals surface area contributed by atoms with Crippen LogP contribution in [0.1, 0.15) is 24.2 Å². The molecule has 31 heavy (non-hydrogen) atoms. The number of rotatable bonds is 5. The van der Waals surface area contributed by atoms with Gasteiger partial charge in [0, 0.05) is 66.6 Å². The third-order valence-electron chi connectivity index (χ3n) is 5.85. The molecule has 1 aromatic heterocycles. The molecule has 2 heterocycles. The minimum atomic E-state index is 0.00615. The summed E-state index contributed by atoms with van der Waals surface area (Å²) < 4.78 is 0. The van der Waals surface area contributed by atoms with Gasteiger partial charge in [-0.2, -0.15) is 0 Å². The Morgan fingerprint density at radius 1 is 0.968 bits per heavy atom. The number of piperazine rings is 1. The molecule has 0 unspecified atom stereocenters. The number of halogens is 2. The van der Waals surface area contributed by atoms with E-state index in [2.05, 4.69) is 20.9 Å². The maximum atomic E-state index is 13.3. The molecule has 1 aliphatic rings. The van der Waals surface area contributed by atoms with Crippen molar-refractivity contribution in [1.82, 2.24) is 9.88 Å². The summed E-state index contributed by atoms with van der Waals surface area (Å²) in [5.74, 6) is 0.00615. The van der Waals surface area contributed by atoms with Crippen molar-refractivity contribution in [3.8, 4) is 0 Å². The standard InChI is InChI=1S/C24H26Cl2N4O/c1-3-28(4-2)24(31)21-16-27-22-9-8-18(26)15-20(22)23(21)30-12-10-29(11-13-30)19-7-5-6-17(25)14-19/h5-9,14-16H,3-4,10-13H2,1-2H3. The second kappa shape index (κ2) is 9.33. The van der Waals surface area contributed by atoms with Crippen LogP contribution in [0.3, 0.4) is 0 Å². The molecule has 162 valence electrons. The molecule has 3 aromatic rings. The first kappa shape index (κ1) is 21.7. The largest absolute Gasteiger partial charge is 0.368 e. The highest BCUT2D eigenvalue weighted by atomic mass is 35.5. The van der Waals surface area contributed by atoms with Crippen LogP contribution in [-0.2, 0) is 0 Å². The van der Waals surface area contributed by atoms with Crippen LogP contribution in [0.25, 0.3) is 10.9 Å². The molecule has 1 aliphatic heterocycles. The van der Waals surface area contributed by atoms with Crippen LogP contribution in [0.2, 0.25) is 10.0 Å². The van der Waals surface area contributed by atoms with Gasteiger partial charge in [0.05, 0.1) is 16.8 Å². The molecule has 0 atom stereocenters. The second-order valence-electron chi connectivity index (χ2n) is 7.61. The van der Waals surface area contributed by atoms with Crippen LogP contribution in [0.15, 0.2) is 48.7 Å². The van der Waals surface area contributed by atoms with E-state index in [4.69, 9.17) is 23.2 Å². The maximum absolute atomic E-state index is 13.3. The lowest BCUT2D eigenvalue weighted by Crippen LogP contribution is -2.47. The number of carbonyl (C=O) groups is 1. The van der Waals surface area contributed by atoms with Gasteiger partial charge in [-0.25, -0.2) is 0 Å². The molecule has 2 aromatic carbocycles. The van der Waals surface area contributed by atoms with Gasteiger partial charge >= 0.3 is 0 Å². The lowest BCUT2D eigenvalue weighted by molar-refractivity contribution is 0.0773. The number of benzene rings is 2. The predicted molar refractivity (Wildman–Crippen MR) is 130 cm³/mol. The summed E-state index contributed by atoms with van der Waals surface area (Å²) in [5, 5.41) is 2.30. The fraction of sp³-hybridized carbons (Fsp3) is 0.333. The van der Waals surface area contributed by atoms with Gasteiger partial charge in [-0.1, -0.05) is 29.3 Å². The van der Waals surface area contributed by atoms with Crippen LogP contribution in [0.5, 0.6) is 0 Å². The van der Waals surface area contributed by atoms with Crippen molar-refractivity contribution in [2.75, 3.05) is 49.1 Å². The van der Waals surface area contributed by atoms with E-state index in [9.17, 15) is 4.79 Å². The number of aromatic nitrogens is 1. The number of anilines is 2. The predicted octanol–water partition coefficient (Wildman–Crippen LogP) is 5.35. The van der Waals surface area contributed by atoms with E-state index in [0.717, 1.165) is 53.5 Å². The molecule has 1 fully saturated rings. The molecule has 0 N–H and O–H groups in total. The smallest absolute Gasteiger partial charge is 0.257 e. The van der Waals surface area contributed by atoms with E-state index < -0.39 is 0 Å². The Morgan fingerprint density at radius 2 is 1.65 bits per heavy atom. The lowest BCUT2D eigenvalue weighted by atomic mass is 10.1. The van der Waals surface area contributed by atoms with Crippen molar-refractivity contribution >= 4 is 51.4 Å².